The van der Waals surface area contributed by atoms with Crippen LogP contribution in [0.5, 0.6) is 0 Å². The first-order valence-electron chi connectivity index (χ1n) is 8.95. The molecule has 3 rings (SSSR count). The number of carbonyl (C=O) groups is 1. The van der Waals surface area contributed by atoms with Crippen molar-refractivity contribution in [2.75, 3.05) is 14.1 Å². The highest BCUT2D eigenvalue weighted by Crippen LogP contribution is 2.23. The molecule has 2 aromatic heterocycles. The topological polar surface area (TPSA) is 94.4 Å². The summed E-state index contributed by atoms with van der Waals surface area (Å²) in [5.41, 5.74) is 1.47. The first-order chi connectivity index (χ1) is 13.8. The number of hydrogen-bond donors (Lipinski definition) is 0. The predicted molar refractivity (Wildman–Crippen MR) is 109 cm³/mol. The van der Waals surface area contributed by atoms with Crippen molar-refractivity contribution in [3.8, 4) is 0 Å². The van der Waals surface area contributed by atoms with E-state index in [0.717, 1.165) is 16.2 Å². The zero-order valence-corrected chi connectivity index (χ0v) is 17.9. The van der Waals surface area contributed by atoms with Gasteiger partial charge in [-0.1, -0.05) is 18.5 Å². The number of carbonyl (C=O) groups excluding carboxylic acids is 1. The maximum Gasteiger partial charge on any atom is 0.341 e. The normalized spacial score (nSPS) is 11.9. The van der Waals surface area contributed by atoms with Crippen LogP contribution in [0.25, 0.3) is 11.0 Å². The lowest BCUT2D eigenvalue weighted by molar-refractivity contribution is 0.0458. The lowest BCUT2D eigenvalue weighted by atomic mass is 10.3. The van der Waals surface area contributed by atoms with E-state index in [1.807, 2.05) is 11.5 Å². The lowest BCUT2D eigenvalue weighted by Crippen LogP contribution is -2.22. The van der Waals surface area contributed by atoms with Crippen molar-refractivity contribution >= 4 is 38.6 Å². The number of aryl methyl sites for hydroxylation is 1. The third-order valence-electron chi connectivity index (χ3n) is 4.34. The molecule has 0 amide bonds. The van der Waals surface area contributed by atoms with Gasteiger partial charge in [-0.15, -0.1) is 0 Å². The molecule has 0 saturated carbocycles. The van der Waals surface area contributed by atoms with Gasteiger partial charge in [0.25, 0.3) is 0 Å². The smallest absolute Gasteiger partial charge is 0.341 e. The fourth-order valence-electron chi connectivity index (χ4n) is 2.86. The largest absolute Gasteiger partial charge is 0.454 e. The second-order valence-electron chi connectivity index (χ2n) is 6.54. The molecule has 0 bridgehead atoms. The van der Waals surface area contributed by atoms with Gasteiger partial charge in [0, 0.05) is 26.8 Å². The van der Waals surface area contributed by atoms with Crippen molar-refractivity contribution in [1.82, 2.24) is 18.8 Å². The summed E-state index contributed by atoms with van der Waals surface area (Å²) in [6, 6.07) is 7.93. The molecule has 0 aliphatic heterocycles. The Morgan fingerprint density at radius 1 is 1.28 bits per heavy atom. The molecular formula is C19H21ClN4O4S. The number of aromatic nitrogens is 3. The van der Waals surface area contributed by atoms with Gasteiger partial charge in [0.1, 0.15) is 17.6 Å². The summed E-state index contributed by atoms with van der Waals surface area (Å²) in [6.45, 7) is 2.59. The Kier molecular flexibility index (Phi) is 6.21. The van der Waals surface area contributed by atoms with Gasteiger partial charge in [0.2, 0.25) is 10.0 Å². The monoisotopic (exact) mass is 436 g/mol. The van der Waals surface area contributed by atoms with E-state index in [1.54, 1.807) is 18.2 Å². The molecule has 0 radical (unpaired) electrons. The quantitative estimate of drug-likeness (QED) is 0.417. The van der Waals surface area contributed by atoms with Crippen LogP contribution in [0.2, 0.25) is 5.15 Å². The Labute approximate surface area is 174 Å². The summed E-state index contributed by atoms with van der Waals surface area (Å²) in [4.78, 5) is 20.8. The number of hydrogen-bond acceptors (Lipinski definition) is 6. The second-order valence-corrected chi connectivity index (χ2v) is 9.05. The van der Waals surface area contributed by atoms with Crippen molar-refractivity contribution < 1.29 is 17.9 Å². The summed E-state index contributed by atoms with van der Waals surface area (Å²) in [7, 11) is -0.622. The third kappa shape index (κ3) is 4.26. The number of pyridine rings is 1. The van der Waals surface area contributed by atoms with Gasteiger partial charge >= 0.3 is 5.97 Å². The summed E-state index contributed by atoms with van der Waals surface area (Å²) in [5.74, 6) is -0.0799. The number of halogens is 1. The predicted octanol–water partition coefficient (Wildman–Crippen LogP) is 3.10. The number of imidazole rings is 1. The highest BCUT2D eigenvalue weighted by molar-refractivity contribution is 7.89. The Morgan fingerprint density at radius 3 is 2.69 bits per heavy atom. The molecule has 0 aliphatic carbocycles. The Hall–Kier alpha value is -2.49. The van der Waals surface area contributed by atoms with E-state index in [0.29, 0.717) is 17.9 Å². The van der Waals surface area contributed by atoms with E-state index in [9.17, 15) is 13.2 Å². The highest BCUT2D eigenvalue weighted by Gasteiger charge is 2.20. The molecule has 0 aliphatic rings. The van der Waals surface area contributed by atoms with Crippen LogP contribution in [0.3, 0.4) is 0 Å². The van der Waals surface area contributed by atoms with Crippen LogP contribution in [-0.4, -0.2) is 47.3 Å². The summed E-state index contributed by atoms with van der Waals surface area (Å²) < 4.78 is 33.2. The zero-order chi connectivity index (χ0) is 21.2. The number of fused-ring (bicyclic) bond motifs is 1. The zero-order valence-electron chi connectivity index (χ0n) is 16.3. The van der Waals surface area contributed by atoms with Gasteiger partial charge in [0.05, 0.1) is 21.5 Å². The van der Waals surface area contributed by atoms with Crippen molar-refractivity contribution in [3.05, 3.63) is 53.1 Å². The minimum Gasteiger partial charge on any atom is -0.454 e. The molecule has 10 heteroatoms. The Balaban J connectivity index is 1.93. The van der Waals surface area contributed by atoms with Crippen LogP contribution in [0.15, 0.2) is 41.4 Å². The van der Waals surface area contributed by atoms with Crippen molar-refractivity contribution in [2.45, 2.75) is 31.4 Å². The molecule has 0 unspecified atom stereocenters. The first kappa shape index (κ1) is 21.2. The number of ether oxygens (including phenoxy) is 1. The second kappa shape index (κ2) is 8.48. The summed E-state index contributed by atoms with van der Waals surface area (Å²) >= 11 is 5.94. The molecule has 0 N–H and O–H groups in total. The van der Waals surface area contributed by atoms with Crippen molar-refractivity contribution in [1.29, 1.82) is 0 Å². The van der Waals surface area contributed by atoms with Gasteiger partial charge in [0.15, 0.2) is 0 Å². The molecule has 29 heavy (non-hydrogen) atoms. The van der Waals surface area contributed by atoms with Gasteiger partial charge in [-0.05, 0) is 36.8 Å². The number of esters is 1. The van der Waals surface area contributed by atoms with Crippen molar-refractivity contribution in [2.24, 2.45) is 0 Å². The van der Waals surface area contributed by atoms with Crippen molar-refractivity contribution in [3.63, 3.8) is 0 Å². The van der Waals surface area contributed by atoms with Gasteiger partial charge < -0.3 is 9.30 Å². The van der Waals surface area contributed by atoms with E-state index in [4.69, 9.17) is 16.3 Å². The first-order valence-corrected chi connectivity index (χ1v) is 10.8. The van der Waals surface area contributed by atoms with Crippen LogP contribution < -0.4 is 0 Å². The minimum atomic E-state index is -3.57. The molecule has 1 aromatic carbocycles. The van der Waals surface area contributed by atoms with Crippen LogP contribution >= 0.6 is 11.6 Å². The number of sulfonamides is 1. The number of nitrogens with zero attached hydrogens (tertiary/aromatic N) is 4. The molecule has 154 valence electrons. The van der Waals surface area contributed by atoms with Crippen LogP contribution in [0, 0.1) is 0 Å². The van der Waals surface area contributed by atoms with E-state index in [2.05, 4.69) is 9.97 Å². The maximum atomic E-state index is 12.4. The Bertz CT molecular complexity index is 1160. The number of rotatable bonds is 7. The summed E-state index contributed by atoms with van der Waals surface area (Å²) in [6.07, 6.45) is 2.32. The third-order valence-corrected chi connectivity index (χ3v) is 6.45. The van der Waals surface area contributed by atoms with Crippen LogP contribution in [-0.2, 0) is 27.9 Å². The SMILES string of the molecule is CCCn1c(COC(=O)c2cccnc2Cl)nc2cc(S(=O)(=O)N(C)C)ccc21. The molecule has 3 aromatic rings. The van der Waals surface area contributed by atoms with Gasteiger partial charge in [-0.25, -0.2) is 27.5 Å². The molecule has 0 saturated heterocycles. The lowest BCUT2D eigenvalue weighted by Gasteiger charge is -2.11. The molecule has 0 atom stereocenters. The van der Waals surface area contributed by atoms with Gasteiger partial charge in [-0.2, -0.15) is 0 Å². The standard InChI is InChI=1S/C19H21ClN4O4S/c1-4-10-24-16-8-7-13(29(26,27)23(2)3)11-15(16)22-17(24)12-28-19(25)14-6-5-9-21-18(14)20/h5-9,11H,4,10,12H2,1-3H3. The van der Waals surface area contributed by atoms with Gasteiger partial charge in [-0.3, -0.25) is 0 Å². The molecule has 8 nitrogen and oxygen atoms in total. The van der Waals surface area contributed by atoms with E-state index in [-0.39, 0.29) is 22.2 Å². The van der Waals surface area contributed by atoms with E-state index >= 15 is 0 Å². The fraction of sp³-hybridized carbons (Fsp3) is 0.316. The molecular weight excluding hydrogens is 416 g/mol. The summed E-state index contributed by atoms with van der Waals surface area (Å²) in [5, 5.41) is 0.0677. The van der Waals surface area contributed by atoms with Crippen LogP contribution in [0.1, 0.15) is 29.5 Å². The maximum absolute atomic E-state index is 12.4. The molecule has 2 heterocycles. The molecule has 0 spiro atoms. The highest BCUT2D eigenvalue weighted by atomic mass is 35.5. The van der Waals surface area contributed by atoms with E-state index in [1.165, 1.54) is 32.4 Å². The molecule has 0 fully saturated rings. The minimum absolute atomic E-state index is 0.0677. The average molecular weight is 437 g/mol. The average Bonchev–Trinajstić information content (AvgIpc) is 3.03. The van der Waals surface area contributed by atoms with Crippen LogP contribution in [0.4, 0.5) is 0 Å². The fourth-order valence-corrected chi connectivity index (χ4v) is 3.98. The van der Waals surface area contributed by atoms with E-state index < -0.39 is 16.0 Å². The number of benzene rings is 1. The Morgan fingerprint density at radius 2 is 2.03 bits per heavy atom.